The zero-order valence-corrected chi connectivity index (χ0v) is 14.2. The Morgan fingerprint density at radius 1 is 1.24 bits per heavy atom. The van der Waals surface area contributed by atoms with Crippen LogP contribution in [0, 0.1) is 0 Å². The van der Waals surface area contributed by atoms with Crippen molar-refractivity contribution in [1.82, 2.24) is 5.32 Å². The Morgan fingerprint density at radius 3 is 2.38 bits per heavy atom. The molecule has 1 aromatic carbocycles. The average molecular weight is 310 g/mol. The third-order valence-corrected chi connectivity index (χ3v) is 5.56. The molecular weight excluding hydrogens is 284 g/mol. The fourth-order valence-electron chi connectivity index (χ4n) is 2.55. The first kappa shape index (κ1) is 16.3. The summed E-state index contributed by atoms with van der Waals surface area (Å²) in [6.07, 6.45) is 0. The lowest BCUT2D eigenvalue weighted by molar-refractivity contribution is 0.424. The predicted octanol–water partition coefficient (Wildman–Crippen LogP) is 2.20. The zero-order valence-electron chi connectivity index (χ0n) is 13.4. The second kappa shape index (κ2) is 5.97. The van der Waals surface area contributed by atoms with Crippen LogP contribution in [-0.4, -0.2) is 38.0 Å². The molecule has 1 unspecified atom stereocenters. The molecule has 1 aliphatic heterocycles. The lowest BCUT2D eigenvalue weighted by Crippen LogP contribution is -2.47. The molecule has 1 fully saturated rings. The number of sulfone groups is 1. The minimum Gasteiger partial charge on any atom is -0.367 e. The summed E-state index contributed by atoms with van der Waals surface area (Å²) < 4.78 is 23.3. The van der Waals surface area contributed by atoms with E-state index in [2.05, 4.69) is 55.3 Å². The molecule has 1 aliphatic rings. The van der Waals surface area contributed by atoms with Gasteiger partial charge in [-0.25, -0.2) is 8.42 Å². The van der Waals surface area contributed by atoms with Crippen LogP contribution in [0.3, 0.4) is 0 Å². The van der Waals surface area contributed by atoms with Crippen LogP contribution in [0.15, 0.2) is 24.3 Å². The van der Waals surface area contributed by atoms with E-state index in [0.29, 0.717) is 6.54 Å². The highest BCUT2D eigenvalue weighted by molar-refractivity contribution is 7.91. The first-order valence-corrected chi connectivity index (χ1v) is 9.29. The highest BCUT2D eigenvalue weighted by Gasteiger charge is 2.28. The van der Waals surface area contributed by atoms with Crippen molar-refractivity contribution in [3.05, 3.63) is 29.8 Å². The normalized spacial score (nSPS) is 22.3. The molecule has 0 aliphatic carbocycles. The largest absolute Gasteiger partial charge is 0.367 e. The second-order valence-electron chi connectivity index (χ2n) is 6.93. The lowest BCUT2D eigenvalue weighted by Gasteiger charge is -2.35. The molecule has 21 heavy (non-hydrogen) atoms. The van der Waals surface area contributed by atoms with E-state index in [1.54, 1.807) is 0 Å². The van der Waals surface area contributed by atoms with Gasteiger partial charge in [0.15, 0.2) is 9.84 Å². The Morgan fingerprint density at radius 2 is 1.86 bits per heavy atom. The molecule has 0 saturated carbocycles. The fourth-order valence-corrected chi connectivity index (χ4v) is 4.11. The van der Waals surface area contributed by atoms with Crippen LogP contribution < -0.4 is 10.2 Å². The van der Waals surface area contributed by atoms with Crippen LogP contribution in [0.2, 0.25) is 0 Å². The van der Waals surface area contributed by atoms with Gasteiger partial charge in [0, 0.05) is 30.4 Å². The third kappa shape index (κ3) is 4.71. The summed E-state index contributed by atoms with van der Waals surface area (Å²) in [6, 6.07) is 8.46. The van der Waals surface area contributed by atoms with Crippen LogP contribution in [0.25, 0.3) is 0 Å². The Bertz CT molecular complexity index is 573. The highest BCUT2D eigenvalue weighted by atomic mass is 32.2. The molecule has 1 saturated heterocycles. The first-order valence-electron chi connectivity index (χ1n) is 7.47. The van der Waals surface area contributed by atoms with Gasteiger partial charge in [-0.2, -0.15) is 0 Å². The van der Waals surface area contributed by atoms with Crippen LogP contribution in [0.1, 0.15) is 33.3 Å². The second-order valence-corrected chi connectivity index (χ2v) is 9.16. The van der Waals surface area contributed by atoms with Gasteiger partial charge in [0.2, 0.25) is 0 Å². The molecular formula is C16H26N2O2S. The van der Waals surface area contributed by atoms with Gasteiger partial charge in [-0.1, -0.05) is 12.1 Å². The smallest absolute Gasteiger partial charge is 0.154 e. The molecule has 2 rings (SSSR count). The van der Waals surface area contributed by atoms with Crippen LogP contribution in [0.5, 0.6) is 0 Å². The first-order chi connectivity index (χ1) is 9.66. The number of anilines is 1. The number of benzene rings is 1. The summed E-state index contributed by atoms with van der Waals surface area (Å²) >= 11 is 0. The van der Waals surface area contributed by atoms with Gasteiger partial charge >= 0.3 is 0 Å². The number of hydrogen-bond acceptors (Lipinski definition) is 4. The van der Waals surface area contributed by atoms with Crippen molar-refractivity contribution in [2.75, 3.05) is 23.0 Å². The maximum atomic E-state index is 11.6. The Labute approximate surface area is 128 Å². The maximum absolute atomic E-state index is 11.6. The third-order valence-electron chi connectivity index (χ3n) is 3.76. The zero-order chi connectivity index (χ0) is 15.7. The fraction of sp³-hybridized carbons (Fsp3) is 0.625. The van der Waals surface area contributed by atoms with Gasteiger partial charge in [0.1, 0.15) is 0 Å². The van der Waals surface area contributed by atoms with Gasteiger partial charge in [0.25, 0.3) is 0 Å². The van der Waals surface area contributed by atoms with E-state index < -0.39 is 9.84 Å². The monoisotopic (exact) mass is 310 g/mol. The Balaban J connectivity index is 2.02. The van der Waals surface area contributed by atoms with Crippen molar-refractivity contribution in [3.63, 3.8) is 0 Å². The predicted molar refractivity (Wildman–Crippen MR) is 88.5 cm³/mol. The van der Waals surface area contributed by atoms with Crippen molar-refractivity contribution in [2.24, 2.45) is 0 Å². The minimum atomic E-state index is -2.86. The van der Waals surface area contributed by atoms with E-state index in [4.69, 9.17) is 0 Å². The van der Waals surface area contributed by atoms with Crippen molar-refractivity contribution >= 4 is 15.5 Å². The maximum Gasteiger partial charge on any atom is 0.154 e. The average Bonchev–Trinajstić information content (AvgIpc) is 2.35. The standard InChI is InChI=1S/C16H26N2O2S/c1-13-12-21(19,20)10-9-18(13)15-7-5-14(6-8-15)11-17-16(2,3)4/h5-8,13,17H,9-12H2,1-4H3. The van der Waals surface area contributed by atoms with E-state index in [1.807, 2.05) is 6.92 Å². The summed E-state index contributed by atoms with van der Waals surface area (Å²) in [6.45, 7) is 9.86. The van der Waals surface area contributed by atoms with E-state index in [9.17, 15) is 8.42 Å². The van der Waals surface area contributed by atoms with Gasteiger partial charge < -0.3 is 10.2 Å². The molecule has 0 spiro atoms. The van der Waals surface area contributed by atoms with Crippen molar-refractivity contribution in [1.29, 1.82) is 0 Å². The van der Waals surface area contributed by atoms with Crippen molar-refractivity contribution in [3.8, 4) is 0 Å². The van der Waals surface area contributed by atoms with E-state index in [0.717, 1.165) is 12.2 Å². The molecule has 5 heteroatoms. The number of rotatable bonds is 3. The molecule has 4 nitrogen and oxygen atoms in total. The highest BCUT2D eigenvalue weighted by Crippen LogP contribution is 2.22. The molecule has 0 aromatic heterocycles. The van der Waals surface area contributed by atoms with Gasteiger partial charge in [0.05, 0.1) is 11.5 Å². The quantitative estimate of drug-likeness (QED) is 0.930. The molecule has 1 N–H and O–H groups in total. The minimum absolute atomic E-state index is 0.0438. The number of nitrogens with zero attached hydrogens (tertiary/aromatic N) is 1. The molecule has 0 radical (unpaired) electrons. The SMILES string of the molecule is CC1CS(=O)(=O)CCN1c1ccc(CNC(C)(C)C)cc1. The Hall–Kier alpha value is -1.07. The summed E-state index contributed by atoms with van der Waals surface area (Å²) in [7, 11) is -2.86. The molecule has 1 atom stereocenters. The number of nitrogens with one attached hydrogen (secondary N) is 1. The van der Waals surface area contributed by atoms with Crippen LogP contribution in [-0.2, 0) is 16.4 Å². The summed E-state index contributed by atoms with van der Waals surface area (Å²) in [5.74, 6) is 0.505. The van der Waals surface area contributed by atoms with Crippen LogP contribution in [0.4, 0.5) is 5.69 Å². The van der Waals surface area contributed by atoms with Gasteiger partial charge in [-0.3, -0.25) is 0 Å². The topological polar surface area (TPSA) is 49.4 Å². The molecule has 1 aromatic rings. The van der Waals surface area contributed by atoms with Crippen LogP contribution >= 0.6 is 0 Å². The van der Waals surface area contributed by atoms with Crippen molar-refractivity contribution in [2.45, 2.75) is 45.8 Å². The van der Waals surface area contributed by atoms with Gasteiger partial charge in [-0.05, 0) is 45.4 Å². The van der Waals surface area contributed by atoms with E-state index in [1.165, 1.54) is 5.56 Å². The number of hydrogen-bond donors (Lipinski definition) is 1. The van der Waals surface area contributed by atoms with Gasteiger partial charge in [-0.15, -0.1) is 0 Å². The van der Waals surface area contributed by atoms with E-state index >= 15 is 0 Å². The lowest BCUT2D eigenvalue weighted by atomic mass is 10.1. The molecule has 1 heterocycles. The molecule has 0 bridgehead atoms. The van der Waals surface area contributed by atoms with E-state index in [-0.39, 0.29) is 23.1 Å². The summed E-state index contributed by atoms with van der Waals surface area (Å²) in [5.41, 5.74) is 2.46. The molecule has 118 valence electrons. The molecule has 0 amide bonds. The summed E-state index contributed by atoms with van der Waals surface area (Å²) in [5, 5.41) is 3.46. The Kier molecular flexibility index (Phi) is 4.63. The summed E-state index contributed by atoms with van der Waals surface area (Å²) in [4.78, 5) is 2.18. The van der Waals surface area contributed by atoms with Crippen molar-refractivity contribution < 1.29 is 8.42 Å².